The molecule has 0 unspecified atom stereocenters. The average molecular weight is 464 g/mol. The minimum absolute atomic E-state index is 0.228. The Morgan fingerprint density at radius 3 is 2.33 bits per heavy atom. The van der Waals surface area contributed by atoms with Crippen molar-refractivity contribution < 1.29 is 13.9 Å². The van der Waals surface area contributed by atoms with Crippen molar-refractivity contribution in [3.05, 3.63) is 95.4 Å². The highest BCUT2D eigenvalue weighted by molar-refractivity contribution is 7.80. The van der Waals surface area contributed by atoms with Crippen molar-refractivity contribution in [3.63, 3.8) is 0 Å². The third-order valence-electron chi connectivity index (χ3n) is 5.33. The second kappa shape index (κ2) is 10.8. The lowest BCUT2D eigenvalue weighted by Gasteiger charge is -2.11. The minimum atomic E-state index is -0.228. The number of hydrogen-bond acceptors (Lipinski definition) is 3. The highest BCUT2D eigenvalue weighted by Crippen LogP contribution is 2.30. The lowest BCUT2D eigenvalue weighted by atomic mass is 10.1. The van der Waals surface area contributed by atoms with Gasteiger partial charge in [0.05, 0.1) is 0 Å². The van der Waals surface area contributed by atoms with E-state index in [2.05, 4.69) is 40.7 Å². The summed E-state index contributed by atoms with van der Waals surface area (Å²) >= 11 is 5.30. The van der Waals surface area contributed by atoms with Gasteiger partial charge in [-0.3, -0.25) is 0 Å². The number of halogens is 1. The number of aromatic nitrogens is 1. The standard InChI is InChI=1S/C19H20FN3S.C7H6O2/c1-13-16(17-4-2-3-5-18(17)23-13)10-11-21-19(24)22-12-14-6-8-15(20)9-7-14;1-2-4-7-6(3-1)8-5-9-7/h2-9,23H,10-12H2,1H3,(H2,21,22,24);1-4H,5H2. The predicted molar refractivity (Wildman–Crippen MR) is 133 cm³/mol. The summed E-state index contributed by atoms with van der Waals surface area (Å²) in [5.74, 6) is 1.46. The van der Waals surface area contributed by atoms with Gasteiger partial charge in [-0.25, -0.2) is 4.39 Å². The van der Waals surface area contributed by atoms with E-state index in [-0.39, 0.29) is 5.82 Å². The molecule has 0 fully saturated rings. The molecular formula is C26H26FN3O2S. The van der Waals surface area contributed by atoms with Crippen molar-refractivity contribution in [1.29, 1.82) is 0 Å². The average Bonchev–Trinajstić information content (AvgIpc) is 3.43. The van der Waals surface area contributed by atoms with Crippen LogP contribution in [0.3, 0.4) is 0 Å². The summed E-state index contributed by atoms with van der Waals surface area (Å²) in [5.41, 5.74) is 4.68. The molecule has 5 rings (SSSR count). The number of para-hydroxylation sites is 3. The number of H-pyrrole nitrogens is 1. The van der Waals surface area contributed by atoms with E-state index in [4.69, 9.17) is 21.7 Å². The van der Waals surface area contributed by atoms with Crippen LogP contribution in [0.4, 0.5) is 4.39 Å². The van der Waals surface area contributed by atoms with Gasteiger partial charge in [0.1, 0.15) is 5.82 Å². The summed E-state index contributed by atoms with van der Waals surface area (Å²) in [6.07, 6.45) is 0.897. The zero-order valence-corrected chi connectivity index (χ0v) is 19.2. The lowest BCUT2D eigenvalue weighted by Crippen LogP contribution is -2.35. The molecule has 7 heteroatoms. The second-order valence-corrected chi connectivity index (χ2v) is 8.02. The number of benzene rings is 3. The Kier molecular flexibility index (Phi) is 7.42. The molecular weight excluding hydrogens is 437 g/mol. The van der Waals surface area contributed by atoms with Crippen LogP contribution in [0.2, 0.25) is 0 Å². The molecule has 4 aromatic rings. The maximum absolute atomic E-state index is 12.9. The summed E-state index contributed by atoms with van der Waals surface area (Å²) < 4.78 is 23.0. The van der Waals surface area contributed by atoms with Crippen molar-refractivity contribution in [2.24, 2.45) is 0 Å². The van der Waals surface area contributed by atoms with E-state index < -0.39 is 0 Å². The van der Waals surface area contributed by atoms with Gasteiger partial charge in [-0.2, -0.15) is 0 Å². The van der Waals surface area contributed by atoms with Crippen molar-refractivity contribution in [1.82, 2.24) is 15.6 Å². The van der Waals surface area contributed by atoms with Crippen LogP contribution in [-0.4, -0.2) is 23.4 Å². The lowest BCUT2D eigenvalue weighted by molar-refractivity contribution is 0.174. The topological polar surface area (TPSA) is 58.3 Å². The normalized spacial score (nSPS) is 11.6. The smallest absolute Gasteiger partial charge is 0.231 e. The number of ether oxygens (including phenoxy) is 2. The zero-order chi connectivity index (χ0) is 23.0. The maximum Gasteiger partial charge on any atom is 0.231 e. The molecule has 170 valence electrons. The van der Waals surface area contributed by atoms with Gasteiger partial charge < -0.3 is 25.1 Å². The predicted octanol–water partition coefficient (Wildman–Crippen LogP) is 5.24. The summed E-state index contributed by atoms with van der Waals surface area (Å²) in [7, 11) is 0. The molecule has 0 saturated carbocycles. The fourth-order valence-corrected chi connectivity index (χ4v) is 3.82. The number of aryl methyl sites for hydroxylation is 1. The number of rotatable bonds is 5. The van der Waals surface area contributed by atoms with Gasteiger partial charge in [0.25, 0.3) is 0 Å². The molecule has 5 nitrogen and oxygen atoms in total. The minimum Gasteiger partial charge on any atom is -0.454 e. The maximum atomic E-state index is 12.9. The van der Waals surface area contributed by atoms with Crippen molar-refractivity contribution in [2.45, 2.75) is 19.9 Å². The molecule has 1 aliphatic heterocycles. The van der Waals surface area contributed by atoms with Crippen LogP contribution >= 0.6 is 12.2 Å². The number of hydrogen-bond donors (Lipinski definition) is 3. The Morgan fingerprint density at radius 2 is 1.61 bits per heavy atom. The van der Waals surface area contributed by atoms with Crippen LogP contribution in [0, 0.1) is 12.7 Å². The van der Waals surface area contributed by atoms with Crippen molar-refractivity contribution in [3.8, 4) is 11.5 Å². The molecule has 3 N–H and O–H groups in total. The molecule has 0 spiro atoms. The fraction of sp³-hybridized carbons (Fsp3) is 0.192. The van der Waals surface area contributed by atoms with Crippen molar-refractivity contribution >= 4 is 28.2 Å². The van der Waals surface area contributed by atoms with Gasteiger partial charge in [-0.05, 0) is 67.0 Å². The van der Waals surface area contributed by atoms with Crippen LogP contribution in [0.5, 0.6) is 11.5 Å². The van der Waals surface area contributed by atoms with Gasteiger partial charge in [0, 0.05) is 29.7 Å². The van der Waals surface area contributed by atoms with Gasteiger partial charge in [0.15, 0.2) is 16.6 Å². The summed E-state index contributed by atoms with van der Waals surface area (Å²) in [4.78, 5) is 3.41. The summed E-state index contributed by atoms with van der Waals surface area (Å²) in [6, 6.07) is 22.4. The first-order valence-electron chi connectivity index (χ1n) is 10.8. The number of nitrogens with one attached hydrogen (secondary N) is 3. The van der Waals surface area contributed by atoms with Crippen LogP contribution in [0.1, 0.15) is 16.8 Å². The number of thiocarbonyl (C=S) groups is 1. The Balaban J connectivity index is 0.000000238. The fourth-order valence-electron chi connectivity index (χ4n) is 3.65. The third-order valence-corrected chi connectivity index (χ3v) is 5.62. The van der Waals surface area contributed by atoms with E-state index in [9.17, 15) is 4.39 Å². The van der Waals surface area contributed by atoms with E-state index in [0.717, 1.165) is 30.0 Å². The molecule has 1 aliphatic rings. The van der Waals surface area contributed by atoms with Gasteiger partial charge in [-0.1, -0.05) is 42.5 Å². The Labute approximate surface area is 197 Å². The first-order chi connectivity index (χ1) is 16.1. The molecule has 1 aromatic heterocycles. The molecule has 0 bridgehead atoms. The van der Waals surface area contributed by atoms with E-state index in [1.807, 2.05) is 30.3 Å². The molecule has 0 aliphatic carbocycles. The first-order valence-corrected chi connectivity index (χ1v) is 11.2. The van der Waals surface area contributed by atoms with Crippen LogP contribution in [-0.2, 0) is 13.0 Å². The van der Waals surface area contributed by atoms with Crippen LogP contribution in [0.25, 0.3) is 10.9 Å². The Morgan fingerprint density at radius 1 is 0.939 bits per heavy atom. The van der Waals surface area contributed by atoms with E-state index in [0.29, 0.717) is 18.5 Å². The number of fused-ring (bicyclic) bond motifs is 2. The summed E-state index contributed by atoms with van der Waals surface area (Å²) in [5, 5.41) is 8.24. The van der Waals surface area contributed by atoms with E-state index in [1.165, 1.54) is 34.3 Å². The molecule has 0 saturated heterocycles. The van der Waals surface area contributed by atoms with Crippen LogP contribution < -0.4 is 20.1 Å². The Bertz CT molecular complexity index is 1200. The monoisotopic (exact) mass is 463 g/mol. The summed E-state index contributed by atoms with van der Waals surface area (Å²) in [6.45, 7) is 3.80. The molecule has 3 aromatic carbocycles. The number of aromatic amines is 1. The zero-order valence-electron chi connectivity index (χ0n) is 18.4. The van der Waals surface area contributed by atoms with E-state index >= 15 is 0 Å². The van der Waals surface area contributed by atoms with Crippen molar-refractivity contribution in [2.75, 3.05) is 13.3 Å². The first kappa shape index (κ1) is 22.6. The third kappa shape index (κ3) is 6.02. The molecule has 0 atom stereocenters. The van der Waals surface area contributed by atoms with Gasteiger partial charge in [0.2, 0.25) is 6.79 Å². The van der Waals surface area contributed by atoms with Gasteiger partial charge in [-0.15, -0.1) is 0 Å². The molecule has 0 amide bonds. The van der Waals surface area contributed by atoms with Gasteiger partial charge >= 0.3 is 0 Å². The Hall–Kier alpha value is -3.58. The second-order valence-electron chi connectivity index (χ2n) is 7.61. The molecule has 2 heterocycles. The highest BCUT2D eigenvalue weighted by atomic mass is 32.1. The SMILES string of the molecule is Cc1[nH]c2ccccc2c1CCNC(=S)NCc1ccc(F)cc1.c1ccc2c(c1)OCO2. The highest BCUT2D eigenvalue weighted by Gasteiger charge is 2.09. The largest absolute Gasteiger partial charge is 0.454 e. The molecule has 33 heavy (non-hydrogen) atoms. The van der Waals surface area contributed by atoms with Crippen LogP contribution in [0.15, 0.2) is 72.8 Å². The van der Waals surface area contributed by atoms with E-state index in [1.54, 1.807) is 12.1 Å². The quantitative estimate of drug-likeness (QED) is 0.354. The molecule has 0 radical (unpaired) electrons.